The summed E-state index contributed by atoms with van der Waals surface area (Å²) in [7, 11) is 0. The first-order chi connectivity index (χ1) is 5.74. The molecule has 0 atom stereocenters. The molecular formula is C6H19N6Ni-5. The van der Waals surface area contributed by atoms with Crippen LogP contribution in [0.3, 0.4) is 0 Å². The smallest absolute Gasteiger partial charge is 0 e. The van der Waals surface area contributed by atoms with E-state index in [1.165, 1.54) is 0 Å². The topological polar surface area (TPSA) is 145 Å². The van der Waals surface area contributed by atoms with E-state index >= 15 is 0 Å². The van der Waals surface area contributed by atoms with Gasteiger partial charge >= 0.3 is 0 Å². The minimum Gasteiger partial charge on any atom is -0.679 e. The first kappa shape index (κ1) is 23.2. The molecule has 0 radical (unpaired) electrons. The molecule has 0 spiro atoms. The molecule has 0 unspecified atom stereocenters. The number of nitrogens with one attached hydrogen (secondary N) is 5. The SMILES string of the molecule is [NH-]CCN.[NH-]CC[NH-].[NH-]CC[NH-].[Ni]. The van der Waals surface area contributed by atoms with Crippen LogP contribution in [0, 0.1) is 0 Å². The molecule has 0 saturated carbocycles. The molecule has 13 heavy (non-hydrogen) atoms. The Kier molecular flexibility index (Phi) is 70.9. The summed E-state index contributed by atoms with van der Waals surface area (Å²) in [4.78, 5) is 0. The summed E-state index contributed by atoms with van der Waals surface area (Å²) < 4.78 is 0. The molecular weight excluding hydrogens is 215 g/mol. The van der Waals surface area contributed by atoms with Crippen molar-refractivity contribution in [2.24, 2.45) is 5.73 Å². The van der Waals surface area contributed by atoms with Gasteiger partial charge in [-0.15, -0.1) is 6.54 Å². The van der Waals surface area contributed by atoms with Crippen molar-refractivity contribution in [1.29, 1.82) is 0 Å². The van der Waals surface area contributed by atoms with Crippen LogP contribution >= 0.6 is 0 Å². The van der Waals surface area contributed by atoms with Crippen LogP contribution < -0.4 is 5.73 Å². The molecule has 0 rings (SSSR count). The second kappa shape index (κ2) is 39.7. The van der Waals surface area contributed by atoms with Gasteiger partial charge in [-0.2, -0.15) is 26.2 Å². The first-order valence-corrected chi connectivity index (χ1v) is 3.68. The quantitative estimate of drug-likeness (QED) is 0.732. The van der Waals surface area contributed by atoms with Crippen LogP contribution in [0.15, 0.2) is 0 Å². The second-order valence-corrected chi connectivity index (χ2v) is 1.54. The third kappa shape index (κ3) is 122. The Morgan fingerprint density at radius 3 is 0.769 bits per heavy atom. The van der Waals surface area contributed by atoms with E-state index in [0.717, 1.165) is 0 Å². The Morgan fingerprint density at radius 1 is 0.615 bits per heavy atom. The van der Waals surface area contributed by atoms with Crippen LogP contribution in [0.5, 0.6) is 0 Å². The zero-order valence-corrected chi connectivity index (χ0v) is 8.62. The predicted molar refractivity (Wildman–Crippen MR) is 55.0 cm³/mol. The van der Waals surface area contributed by atoms with Crippen molar-refractivity contribution in [3.05, 3.63) is 28.7 Å². The van der Waals surface area contributed by atoms with Gasteiger partial charge in [-0.05, 0) is 6.54 Å². The van der Waals surface area contributed by atoms with Crippen molar-refractivity contribution >= 4 is 0 Å². The van der Waals surface area contributed by atoms with Crippen LogP contribution in [-0.4, -0.2) is 39.3 Å². The molecule has 0 aromatic heterocycles. The zero-order valence-electron chi connectivity index (χ0n) is 7.64. The van der Waals surface area contributed by atoms with Gasteiger partial charge in [0.2, 0.25) is 0 Å². The zero-order chi connectivity index (χ0) is 10.2. The van der Waals surface area contributed by atoms with Crippen LogP contribution in [0.2, 0.25) is 0 Å². The van der Waals surface area contributed by atoms with Crippen molar-refractivity contribution < 1.29 is 16.5 Å². The Bertz CT molecular complexity index is 32.6. The van der Waals surface area contributed by atoms with E-state index in [1.807, 2.05) is 0 Å². The largest absolute Gasteiger partial charge is 0.679 e. The summed E-state index contributed by atoms with van der Waals surface area (Å²) in [6.45, 7) is 1.78. The van der Waals surface area contributed by atoms with Crippen molar-refractivity contribution in [2.45, 2.75) is 0 Å². The molecule has 0 saturated heterocycles. The van der Waals surface area contributed by atoms with Gasteiger partial charge in [-0.1, -0.05) is 0 Å². The maximum Gasteiger partial charge on any atom is 0 e. The Labute approximate surface area is 90.7 Å². The average Bonchev–Trinajstić information content (AvgIpc) is 2.18. The molecule has 88 valence electrons. The van der Waals surface area contributed by atoms with Gasteiger partial charge in [0.1, 0.15) is 0 Å². The van der Waals surface area contributed by atoms with E-state index in [9.17, 15) is 0 Å². The molecule has 0 amide bonds. The Hall–Kier alpha value is 0.254. The Balaban J connectivity index is -0.0000000450. The van der Waals surface area contributed by atoms with E-state index in [1.54, 1.807) is 0 Å². The van der Waals surface area contributed by atoms with Gasteiger partial charge in [0.25, 0.3) is 0 Å². The molecule has 0 heterocycles. The summed E-state index contributed by atoms with van der Waals surface area (Å²) in [6, 6.07) is 0. The third-order valence-corrected chi connectivity index (χ3v) is 0.394. The van der Waals surface area contributed by atoms with Gasteiger partial charge in [-0.3, -0.25) is 0 Å². The number of hydrogen-bond acceptors (Lipinski definition) is 1. The molecule has 7 heteroatoms. The van der Waals surface area contributed by atoms with Crippen LogP contribution in [0.25, 0.3) is 28.7 Å². The monoisotopic (exact) mass is 233 g/mol. The fourth-order valence-corrected chi connectivity index (χ4v) is 0. The number of rotatable bonds is 3. The van der Waals surface area contributed by atoms with Crippen molar-refractivity contribution in [2.75, 3.05) is 39.3 Å². The molecule has 0 aromatic rings. The van der Waals surface area contributed by atoms with E-state index in [2.05, 4.69) is 0 Å². The summed E-state index contributed by atoms with van der Waals surface area (Å²) in [6.07, 6.45) is 0. The average molecular weight is 234 g/mol. The van der Waals surface area contributed by atoms with Crippen molar-refractivity contribution in [3.8, 4) is 0 Å². The predicted octanol–water partition coefficient (Wildman–Crippen LogP) is 2.18. The van der Waals surface area contributed by atoms with E-state index in [4.69, 9.17) is 34.4 Å². The molecule has 0 aromatic carbocycles. The van der Waals surface area contributed by atoms with Crippen LogP contribution in [-0.2, 0) is 16.5 Å². The molecule has 0 aliphatic heterocycles. The van der Waals surface area contributed by atoms with Gasteiger partial charge in [0, 0.05) is 16.5 Å². The van der Waals surface area contributed by atoms with Crippen LogP contribution in [0.4, 0.5) is 0 Å². The van der Waals surface area contributed by atoms with E-state index < -0.39 is 0 Å². The van der Waals surface area contributed by atoms with Gasteiger partial charge in [0.15, 0.2) is 0 Å². The molecule has 7 N–H and O–H groups in total. The maximum atomic E-state index is 6.33. The summed E-state index contributed by atoms with van der Waals surface area (Å²) in [5, 5.41) is 0. The molecule has 6 nitrogen and oxygen atoms in total. The Morgan fingerprint density at radius 2 is 0.769 bits per heavy atom. The first-order valence-electron chi connectivity index (χ1n) is 3.68. The number of nitrogens with two attached hydrogens (primary N) is 1. The molecule has 0 fully saturated rings. The molecule has 0 aliphatic rings. The van der Waals surface area contributed by atoms with Gasteiger partial charge in [-0.25, -0.2) is 0 Å². The number of hydrogen-bond donors (Lipinski definition) is 1. The molecule has 0 aliphatic carbocycles. The maximum absolute atomic E-state index is 6.33. The third-order valence-electron chi connectivity index (χ3n) is 0.394. The van der Waals surface area contributed by atoms with Crippen molar-refractivity contribution in [3.63, 3.8) is 0 Å². The molecule has 0 bridgehead atoms. The minimum atomic E-state index is 0. The summed E-state index contributed by atoms with van der Waals surface area (Å²) in [5.74, 6) is 0. The van der Waals surface area contributed by atoms with Crippen LogP contribution in [0.1, 0.15) is 0 Å². The minimum absolute atomic E-state index is 0. The second-order valence-electron chi connectivity index (χ2n) is 1.54. The van der Waals surface area contributed by atoms with E-state index in [-0.39, 0.29) is 42.7 Å². The van der Waals surface area contributed by atoms with Gasteiger partial charge in [0.05, 0.1) is 0 Å². The van der Waals surface area contributed by atoms with Crippen molar-refractivity contribution in [1.82, 2.24) is 0 Å². The standard InChI is InChI=1S/C2H7N2.2C2H6N2.Ni/c3*3-1-2-4;/h3H,1-2,4H2;2*3-4H,1-2H2;/q-1;2*-2;. The fraction of sp³-hybridized carbons (Fsp3) is 1.00. The summed E-state index contributed by atoms with van der Waals surface area (Å²) in [5.41, 5.74) is 36.2. The normalized spacial score (nSPS) is 6.92. The fourth-order valence-electron chi connectivity index (χ4n) is 0. The summed E-state index contributed by atoms with van der Waals surface area (Å²) >= 11 is 0. The van der Waals surface area contributed by atoms with E-state index in [0.29, 0.717) is 13.1 Å². The van der Waals surface area contributed by atoms with Gasteiger partial charge < -0.3 is 34.4 Å².